The van der Waals surface area contributed by atoms with E-state index in [0.717, 1.165) is 0 Å². The van der Waals surface area contributed by atoms with E-state index >= 15 is 0 Å². The molecule has 0 aromatic heterocycles. The summed E-state index contributed by atoms with van der Waals surface area (Å²) in [5.41, 5.74) is 1.28. The van der Waals surface area contributed by atoms with Crippen molar-refractivity contribution >= 4 is 46.4 Å². The van der Waals surface area contributed by atoms with E-state index in [0.29, 0.717) is 45.1 Å². The Kier molecular flexibility index (Phi) is 7.98. The van der Waals surface area contributed by atoms with Crippen LogP contribution in [0, 0.1) is 0 Å². The van der Waals surface area contributed by atoms with Gasteiger partial charge < -0.3 is 20.1 Å². The molecule has 6 nitrogen and oxygen atoms in total. The van der Waals surface area contributed by atoms with Crippen LogP contribution in [0.4, 0.5) is 11.4 Å². The Labute approximate surface area is 196 Å². The second kappa shape index (κ2) is 10.9. The van der Waals surface area contributed by atoms with Crippen molar-refractivity contribution in [2.24, 2.45) is 0 Å². The Balaban J connectivity index is 1.68. The molecule has 0 heterocycles. The predicted octanol–water partition coefficient (Wildman–Crippen LogP) is 6.05. The van der Waals surface area contributed by atoms with Crippen molar-refractivity contribution < 1.29 is 19.1 Å². The van der Waals surface area contributed by atoms with Crippen LogP contribution in [0.15, 0.2) is 66.7 Å². The minimum atomic E-state index is -0.865. The summed E-state index contributed by atoms with van der Waals surface area (Å²) in [6.07, 6.45) is -0.865. The molecule has 3 rings (SSSR count). The number of carbonyl (C=O) groups excluding carboxylic acids is 2. The lowest BCUT2D eigenvalue weighted by molar-refractivity contribution is -0.122. The zero-order chi connectivity index (χ0) is 23.1. The van der Waals surface area contributed by atoms with Crippen molar-refractivity contribution in [3.63, 3.8) is 0 Å². The van der Waals surface area contributed by atoms with Crippen LogP contribution >= 0.6 is 23.2 Å². The lowest BCUT2D eigenvalue weighted by Crippen LogP contribution is -2.31. The minimum absolute atomic E-state index is 0.298. The van der Waals surface area contributed by atoms with Crippen LogP contribution in [-0.2, 0) is 4.79 Å². The van der Waals surface area contributed by atoms with Crippen LogP contribution in [0.5, 0.6) is 11.5 Å². The maximum absolute atomic E-state index is 12.8. The van der Waals surface area contributed by atoms with Crippen molar-refractivity contribution in [1.29, 1.82) is 0 Å². The number of nitrogens with one attached hydrogen (secondary N) is 2. The number of benzene rings is 3. The zero-order valence-electron chi connectivity index (χ0n) is 17.5. The molecule has 0 aliphatic rings. The average Bonchev–Trinajstić information content (AvgIpc) is 2.77. The number of hydrogen-bond donors (Lipinski definition) is 2. The molecule has 1 unspecified atom stereocenters. The quantitative estimate of drug-likeness (QED) is 0.418. The summed E-state index contributed by atoms with van der Waals surface area (Å²) in [7, 11) is 0. The normalized spacial score (nSPS) is 11.4. The molecule has 8 heteroatoms. The fourth-order valence-electron chi connectivity index (χ4n) is 2.84. The number of carbonyl (C=O) groups is 2. The topological polar surface area (TPSA) is 76.7 Å². The highest BCUT2D eigenvalue weighted by atomic mass is 35.5. The molecular weight excluding hydrogens is 451 g/mol. The van der Waals surface area contributed by atoms with Crippen molar-refractivity contribution in [3.05, 3.63) is 82.3 Å². The first-order valence-corrected chi connectivity index (χ1v) is 10.7. The van der Waals surface area contributed by atoms with E-state index in [-0.39, 0.29) is 5.91 Å². The second-order valence-electron chi connectivity index (χ2n) is 6.78. The number of amides is 2. The number of ether oxygens (including phenoxy) is 2. The average molecular weight is 473 g/mol. The van der Waals surface area contributed by atoms with Gasteiger partial charge in [-0.05, 0) is 68.4 Å². The summed E-state index contributed by atoms with van der Waals surface area (Å²) >= 11 is 12.0. The zero-order valence-corrected chi connectivity index (χ0v) is 19.0. The Morgan fingerprint density at radius 1 is 0.969 bits per heavy atom. The van der Waals surface area contributed by atoms with E-state index in [1.54, 1.807) is 67.6 Å². The number of para-hydroxylation sites is 1. The number of hydrogen-bond acceptors (Lipinski definition) is 4. The molecule has 0 aliphatic carbocycles. The van der Waals surface area contributed by atoms with Gasteiger partial charge in [0.1, 0.15) is 11.5 Å². The van der Waals surface area contributed by atoms with Gasteiger partial charge in [-0.1, -0.05) is 35.3 Å². The molecule has 0 aliphatic heterocycles. The highest BCUT2D eigenvalue weighted by molar-refractivity contribution is 6.35. The van der Waals surface area contributed by atoms with Gasteiger partial charge in [-0.25, -0.2) is 0 Å². The molecule has 0 radical (unpaired) electrons. The van der Waals surface area contributed by atoms with Gasteiger partial charge >= 0.3 is 0 Å². The van der Waals surface area contributed by atoms with Crippen LogP contribution in [-0.4, -0.2) is 24.5 Å². The maximum Gasteiger partial charge on any atom is 0.265 e. The number of halogens is 2. The Morgan fingerprint density at radius 2 is 1.69 bits per heavy atom. The third kappa shape index (κ3) is 6.15. The summed E-state index contributed by atoms with van der Waals surface area (Å²) in [6.45, 7) is 4.05. The van der Waals surface area contributed by atoms with Crippen LogP contribution in [0.25, 0.3) is 0 Å². The first-order valence-electron chi connectivity index (χ1n) is 9.93. The molecule has 32 heavy (non-hydrogen) atoms. The Bertz CT molecular complexity index is 1100. The highest BCUT2D eigenvalue weighted by Crippen LogP contribution is 2.28. The summed E-state index contributed by atoms with van der Waals surface area (Å²) in [6, 6.07) is 18.5. The van der Waals surface area contributed by atoms with E-state index in [4.69, 9.17) is 32.7 Å². The van der Waals surface area contributed by atoms with Crippen LogP contribution in [0.2, 0.25) is 10.0 Å². The Morgan fingerprint density at radius 3 is 2.38 bits per heavy atom. The molecular formula is C24H22Cl2N2O4. The monoisotopic (exact) mass is 472 g/mol. The molecule has 2 N–H and O–H groups in total. The summed E-state index contributed by atoms with van der Waals surface area (Å²) in [4.78, 5) is 25.5. The van der Waals surface area contributed by atoms with Crippen molar-refractivity contribution in [2.45, 2.75) is 20.0 Å². The highest BCUT2D eigenvalue weighted by Gasteiger charge is 2.19. The number of anilines is 2. The second-order valence-corrected chi connectivity index (χ2v) is 7.62. The lowest BCUT2D eigenvalue weighted by atomic mass is 10.1. The molecule has 0 spiro atoms. The smallest absolute Gasteiger partial charge is 0.265 e. The van der Waals surface area contributed by atoms with Crippen molar-refractivity contribution in [2.75, 3.05) is 17.2 Å². The predicted molar refractivity (Wildman–Crippen MR) is 127 cm³/mol. The van der Waals surface area contributed by atoms with Gasteiger partial charge in [0.25, 0.3) is 11.8 Å². The molecule has 0 saturated heterocycles. The first-order chi connectivity index (χ1) is 15.4. The van der Waals surface area contributed by atoms with E-state index in [1.165, 1.54) is 6.07 Å². The van der Waals surface area contributed by atoms with E-state index in [1.807, 2.05) is 6.92 Å². The van der Waals surface area contributed by atoms with Crippen LogP contribution in [0.1, 0.15) is 24.2 Å². The van der Waals surface area contributed by atoms with Gasteiger partial charge in [-0.2, -0.15) is 0 Å². The maximum atomic E-state index is 12.8. The minimum Gasteiger partial charge on any atom is -0.494 e. The SMILES string of the molecule is CCOc1ccc(NC(=O)c2ccccc2NC(=O)C(C)Oc2ccc(Cl)cc2Cl)cc1. The molecule has 3 aromatic rings. The molecule has 1 atom stereocenters. The Hall–Kier alpha value is -3.22. The van der Waals surface area contributed by atoms with Gasteiger partial charge in [-0.3, -0.25) is 9.59 Å². The third-order valence-electron chi connectivity index (χ3n) is 4.42. The van der Waals surface area contributed by atoms with E-state index in [9.17, 15) is 9.59 Å². The molecule has 0 fully saturated rings. The molecule has 2 amide bonds. The van der Waals surface area contributed by atoms with E-state index in [2.05, 4.69) is 10.6 Å². The molecule has 0 bridgehead atoms. The number of rotatable bonds is 8. The first kappa shape index (κ1) is 23.4. The van der Waals surface area contributed by atoms with Gasteiger partial charge in [0.05, 0.1) is 22.9 Å². The lowest BCUT2D eigenvalue weighted by Gasteiger charge is -2.17. The molecule has 0 saturated carbocycles. The molecule has 166 valence electrons. The van der Waals surface area contributed by atoms with Crippen LogP contribution < -0.4 is 20.1 Å². The summed E-state index contributed by atoms with van der Waals surface area (Å²) < 4.78 is 11.1. The van der Waals surface area contributed by atoms with Gasteiger partial charge in [-0.15, -0.1) is 0 Å². The standard InChI is InChI=1S/C24H22Cl2N2O4/c1-3-31-18-11-9-17(10-12-18)27-24(30)19-6-4-5-7-21(19)28-23(29)15(2)32-22-13-8-16(25)14-20(22)26/h4-15H,3H2,1-2H3,(H,27,30)(H,28,29). The largest absolute Gasteiger partial charge is 0.494 e. The van der Waals surface area contributed by atoms with Crippen molar-refractivity contribution in [3.8, 4) is 11.5 Å². The molecule has 3 aromatic carbocycles. The van der Waals surface area contributed by atoms with Crippen LogP contribution in [0.3, 0.4) is 0 Å². The van der Waals surface area contributed by atoms with E-state index < -0.39 is 12.0 Å². The van der Waals surface area contributed by atoms with Crippen molar-refractivity contribution in [1.82, 2.24) is 0 Å². The summed E-state index contributed by atoms with van der Waals surface area (Å²) in [5, 5.41) is 6.32. The van der Waals surface area contributed by atoms with Gasteiger partial charge in [0.2, 0.25) is 0 Å². The van der Waals surface area contributed by atoms with Gasteiger partial charge in [0, 0.05) is 10.7 Å². The summed E-state index contributed by atoms with van der Waals surface area (Å²) in [5.74, 6) is 0.255. The fraction of sp³-hybridized carbons (Fsp3) is 0.167. The third-order valence-corrected chi connectivity index (χ3v) is 4.95. The van der Waals surface area contributed by atoms with Gasteiger partial charge in [0.15, 0.2) is 6.10 Å². The fourth-order valence-corrected chi connectivity index (χ4v) is 3.29.